The molecule has 2 heterocycles. The molecule has 0 unspecified atom stereocenters. The van der Waals surface area contributed by atoms with Crippen molar-refractivity contribution in [2.75, 3.05) is 0 Å². The number of hydrogen-bond acceptors (Lipinski definition) is 1. The van der Waals surface area contributed by atoms with Crippen molar-refractivity contribution in [3.63, 3.8) is 0 Å². The van der Waals surface area contributed by atoms with E-state index >= 15 is 0 Å². The molecule has 0 saturated carbocycles. The topological polar surface area (TPSA) is 16.8 Å². The van der Waals surface area contributed by atoms with Crippen molar-refractivity contribution in [2.45, 2.75) is 6.92 Å². The van der Waals surface area contributed by atoms with Crippen molar-refractivity contribution < 1.29 is 37.3 Å². The molecule has 3 heteroatoms. The fourth-order valence-corrected chi connectivity index (χ4v) is 2.25. The molecule has 0 fully saturated rings. The Labute approximate surface area is 150 Å². The number of aryl methyl sites for hydroxylation is 2. The summed E-state index contributed by atoms with van der Waals surface area (Å²) < 4.78 is 2.11. The number of aromatic nitrogens is 2. The number of hydrogen-bond donors (Lipinski definition) is 0. The van der Waals surface area contributed by atoms with Crippen LogP contribution in [0.4, 0.5) is 0 Å². The third kappa shape index (κ3) is 3.45. The first-order valence-electron chi connectivity index (χ1n) is 6.56. The molecule has 0 atom stereocenters. The van der Waals surface area contributed by atoms with Gasteiger partial charge in [-0.15, -0.1) is 17.7 Å². The van der Waals surface area contributed by atoms with Gasteiger partial charge in [0.1, 0.15) is 12.7 Å². The van der Waals surface area contributed by atoms with E-state index in [0.29, 0.717) is 0 Å². The largest absolute Gasteiger partial charge is 0.368 e. The van der Waals surface area contributed by atoms with Gasteiger partial charge in [0, 0.05) is 38.8 Å². The fourth-order valence-electron chi connectivity index (χ4n) is 2.25. The summed E-state index contributed by atoms with van der Waals surface area (Å²) in [6.07, 6.45) is 5.59. The predicted octanol–water partition coefficient (Wildman–Crippen LogP) is 3.15. The van der Waals surface area contributed by atoms with Gasteiger partial charge >= 0.3 is 0 Å². The molecular formula is C18H15N2Y-. The molecule has 0 spiro atoms. The monoisotopic (exact) mass is 348 g/mol. The molecule has 1 radical (unpaired) electrons. The summed E-state index contributed by atoms with van der Waals surface area (Å²) >= 11 is 0. The van der Waals surface area contributed by atoms with Crippen LogP contribution < -0.4 is 4.57 Å². The zero-order valence-electron chi connectivity index (χ0n) is 12.2. The quantitative estimate of drug-likeness (QED) is 0.514. The van der Waals surface area contributed by atoms with E-state index in [1.54, 1.807) is 6.20 Å². The Morgan fingerprint density at radius 2 is 1.95 bits per heavy atom. The Kier molecular flexibility index (Phi) is 5.38. The second-order valence-electron chi connectivity index (χ2n) is 4.78. The van der Waals surface area contributed by atoms with Gasteiger partial charge in [0.15, 0.2) is 6.20 Å². The van der Waals surface area contributed by atoms with E-state index in [9.17, 15) is 0 Å². The van der Waals surface area contributed by atoms with Gasteiger partial charge in [-0.3, -0.25) is 0 Å². The first-order chi connectivity index (χ1) is 9.75. The Hall–Kier alpha value is -1.38. The van der Waals surface area contributed by atoms with Gasteiger partial charge in [-0.1, -0.05) is 30.9 Å². The van der Waals surface area contributed by atoms with Crippen LogP contribution >= 0.6 is 0 Å². The molecule has 1 aromatic carbocycles. The van der Waals surface area contributed by atoms with E-state index in [1.807, 2.05) is 37.6 Å². The maximum absolute atomic E-state index is 4.15. The van der Waals surface area contributed by atoms with E-state index in [-0.39, 0.29) is 32.7 Å². The normalized spacial score (nSPS) is 10.0. The van der Waals surface area contributed by atoms with Crippen LogP contribution in [0.5, 0.6) is 0 Å². The molecule has 0 bridgehead atoms. The summed E-state index contributed by atoms with van der Waals surface area (Å²) in [6, 6.07) is 18.9. The molecule has 21 heavy (non-hydrogen) atoms. The van der Waals surface area contributed by atoms with Gasteiger partial charge in [0.05, 0.1) is 0 Å². The summed E-state index contributed by atoms with van der Waals surface area (Å²) in [5.41, 5.74) is 5.45. The number of pyridine rings is 2. The van der Waals surface area contributed by atoms with Crippen LogP contribution in [0, 0.1) is 19.1 Å². The van der Waals surface area contributed by atoms with E-state index in [1.165, 1.54) is 5.56 Å². The van der Waals surface area contributed by atoms with Crippen molar-refractivity contribution in [3.05, 3.63) is 72.7 Å². The van der Waals surface area contributed by atoms with Gasteiger partial charge in [-0.2, -0.15) is 29.3 Å². The molecule has 0 aliphatic rings. The van der Waals surface area contributed by atoms with Crippen LogP contribution in [-0.2, 0) is 39.8 Å². The molecule has 0 aliphatic carbocycles. The number of nitrogens with zero attached hydrogens (tertiary/aromatic N) is 2. The zero-order valence-corrected chi connectivity index (χ0v) is 15.0. The molecule has 3 aromatic rings. The van der Waals surface area contributed by atoms with E-state index < -0.39 is 0 Å². The molecule has 0 N–H and O–H groups in total. The van der Waals surface area contributed by atoms with Crippen molar-refractivity contribution in [1.29, 1.82) is 0 Å². The Bertz CT molecular complexity index is 739. The average molecular weight is 348 g/mol. The van der Waals surface area contributed by atoms with Crippen LogP contribution in [-0.4, -0.2) is 4.98 Å². The van der Waals surface area contributed by atoms with Crippen LogP contribution in [0.1, 0.15) is 5.56 Å². The maximum atomic E-state index is 4.15. The minimum atomic E-state index is 0. The van der Waals surface area contributed by atoms with Crippen molar-refractivity contribution in [1.82, 2.24) is 4.98 Å². The molecule has 0 saturated heterocycles. The molecule has 3 rings (SSSR count). The first-order valence-corrected chi connectivity index (χ1v) is 6.56. The van der Waals surface area contributed by atoms with E-state index in [0.717, 1.165) is 22.4 Å². The Balaban J connectivity index is 0.00000161. The second kappa shape index (κ2) is 7.06. The SMILES string of the molecule is Cc1ccc(-c2[c-]ccnc2)[c-]c1-c1cccc[n+]1C.[Y]. The average Bonchev–Trinajstić information content (AvgIpc) is 2.49. The predicted molar refractivity (Wildman–Crippen MR) is 78.7 cm³/mol. The van der Waals surface area contributed by atoms with Crippen LogP contribution in [0.3, 0.4) is 0 Å². The molecule has 101 valence electrons. The van der Waals surface area contributed by atoms with Crippen molar-refractivity contribution >= 4 is 0 Å². The Morgan fingerprint density at radius 3 is 2.67 bits per heavy atom. The van der Waals surface area contributed by atoms with Gasteiger partial charge in [-0.05, 0) is 6.07 Å². The third-order valence-electron chi connectivity index (χ3n) is 3.36. The minimum absolute atomic E-state index is 0. The third-order valence-corrected chi connectivity index (χ3v) is 3.36. The maximum Gasteiger partial charge on any atom is 0.161 e. The summed E-state index contributed by atoms with van der Waals surface area (Å²) in [4.78, 5) is 4.15. The van der Waals surface area contributed by atoms with Crippen LogP contribution in [0.25, 0.3) is 22.4 Å². The van der Waals surface area contributed by atoms with Crippen LogP contribution in [0.2, 0.25) is 0 Å². The fraction of sp³-hybridized carbons (Fsp3) is 0.111. The minimum Gasteiger partial charge on any atom is -0.368 e. The van der Waals surface area contributed by atoms with Gasteiger partial charge < -0.3 is 4.98 Å². The summed E-state index contributed by atoms with van der Waals surface area (Å²) in [5.74, 6) is 0. The second-order valence-corrected chi connectivity index (χ2v) is 4.78. The van der Waals surface area contributed by atoms with Gasteiger partial charge in [-0.25, -0.2) is 4.57 Å². The number of benzene rings is 1. The molecule has 0 aliphatic heterocycles. The van der Waals surface area contributed by atoms with E-state index in [4.69, 9.17) is 0 Å². The molecule has 0 amide bonds. The Morgan fingerprint density at radius 1 is 1.10 bits per heavy atom. The molecule has 2 nitrogen and oxygen atoms in total. The van der Waals surface area contributed by atoms with Gasteiger partial charge in [0.25, 0.3) is 0 Å². The first kappa shape index (κ1) is 16.0. The standard InChI is InChI=1S/C18H15N2.Y/c1-14-8-9-15(16-6-5-10-19-13-16)12-17(14)18-7-3-4-11-20(18)2;/h3-5,7-11,13H,1-2H3;/q-1;. The van der Waals surface area contributed by atoms with Gasteiger partial charge in [0.2, 0.25) is 0 Å². The van der Waals surface area contributed by atoms with Crippen molar-refractivity contribution in [2.24, 2.45) is 7.05 Å². The number of rotatable bonds is 2. The van der Waals surface area contributed by atoms with E-state index in [2.05, 4.69) is 46.8 Å². The van der Waals surface area contributed by atoms with Crippen molar-refractivity contribution in [3.8, 4) is 22.4 Å². The molecule has 2 aromatic heterocycles. The van der Waals surface area contributed by atoms with Crippen LogP contribution in [0.15, 0.2) is 55.0 Å². The smallest absolute Gasteiger partial charge is 0.161 e. The molecular weight excluding hydrogens is 333 g/mol. The summed E-state index contributed by atoms with van der Waals surface area (Å²) in [5, 5.41) is 0. The zero-order chi connectivity index (χ0) is 13.9. The summed E-state index contributed by atoms with van der Waals surface area (Å²) in [6.45, 7) is 2.11. The summed E-state index contributed by atoms with van der Waals surface area (Å²) in [7, 11) is 2.05.